The molecule has 1 fully saturated rings. The summed E-state index contributed by atoms with van der Waals surface area (Å²) in [5.74, 6) is -0.708. The molecule has 104 valence electrons. The maximum absolute atomic E-state index is 11.8. The van der Waals surface area contributed by atoms with E-state index >= 15 is 0 Å². The topological polar surface area (TPSA) is 80.9 Å². The normalized spacial score (nSPS) is 15.1. The van der Waals surface area contributed by atoms with Gasteiger partial charge < -0.3 is 14.2 Å². The lowest BCUT2D eigenvalue weighted by Crippen LogP contribution is -2.13. The van der Waals surface area contributed by atoms with E-state index in [1.54, 1.807) is 22.7 Å². The van der Waals surface area contributed by atoms with Crippen LogP contribution >= 0.6 is 0 Å². The summed E-state index contributed by atoms with van der Waals surface area (Å²) in [5, 5.41) is 9.32. The average molecular weight is 274 g/mol. The van der Waals surface area contributed by atoms with Gasteiger partial charge in [-0.2, -0.15) is 0 Å². The monoisotopic (exact) mass is 274 g/mol. The summed E-state index contributed by atoms with van der Waals surface area (Å²) in [6.45, 7) is 0. The van der Waals surface area contributed by atoms with Crippen molar-refractivity contribution in [1.29, 1.82) is 0 Å². The molecular formula is C14H14N2O4. The lowest BCUT2D eigenvalue weighted by atomic mass is 9.85. The molecule has 0 aliphatic heterocycles. The van der Waals surface area contributed by atoms with Gasteiger partial charge in [0.1, 0.15) is 5.82 Å². The van der Waals surface area contributed by atoms with Crippen molar-refractivity contribution in [2.24, 2.45) is 0 Å². The molecule has 0 radical (unpaired) electrons. The van der Waals surface area contributed by atoms with Gasteiger partial charge in [-0.25, -0.2) is 14.6 Å². The number of carboxylic acid groups (broad SMARTS) is 1. The van der Waals surface area contributed by atoms with E-state index in [1.165, 1.54) is 7.11 Å². The fraction of sp³-hybridized carbons (Fsp3) is 0.357. The molecule has 6 heteroatoms. The average Bonchev–Trinajstić information content (AvgIpc) is 2.76. The fourth-order valence-electron chi connectivity index (χ4n) is 2.54. The molecule has 1 aliphatic carbocycles. The number of aromatic carboxylic acids is 1. The second kappa shape index (κ2) is 4.63. The maximum atomic E-state index is 11.8. The van der Waals surface area contributed by atoms with Gasteiger partial charge in [0.15, 0.2) is 5.69 Å². The minimum Gasteiger partial charge on any atom is -0.476 e. The van der Waals surface area contributed by atoms with E-state index in [0.717, 1.165) is 25.1 Å². The molecule has 0 atom stereocenters. The second-order valence-corrected chi connectivity index (χ2v) is 4.88. The van der Waals surface area contributed by atoms with E-state index in [9.17, 15) is 14.7 Å². The molecule has 2 aromatic rings. The van der Waals surface area contributed by atoms with Crippen LogP contribution in [0.3, 0.4) is 0 Å². The van der Waals surface area contributed by atoms with E-state index in [0.29, 0.717) is 5.52 Å². The molecule has 0 spiro atoms. The summed E-state index contributed by atoms with van der Waals surface area (Å²) in [5.41, 5.74) is 0.451. The molecule has 2 heterocycles. The van der Waals surface area contributed by atoms with Crippen molar-refractivity contribution >= 4 is 17.5 Å². The van der Waals surface area contributed by atoms with Crippen molar-refractivity contribution in [3.8, 4) is 0 Å². The summed E-state index contributed by atoms with van der Waals surface area (Å²) < 4.78 is 6.42. The SMILES string of the molecule is COC(=O)c1cccn2c(C3CCC3)nc(C(=O)O)c12. The summed E-state index contributed by atoms with van der Waals surface area (Å²) in [6, 6.07) is 3.26. The Balaban J connectivity index is 2.29. The molecular weight excluding hydrogens is 260 g/mol. The van der Waals surface area contributed by atoms with E-state index < -0.39 is 11.9 Å². The molecule has 1 saturated carbocycles. The molecule has 1 N–H and O–H groups in total. The first-order valence-electron chi connectivity index (χ1n) is 6.46. The molecule has 2 aromatic heterocycles. The third-order valence-electron chi connectivity index (χ3n) is 3.77. The van der Waals surface area contributed by atoms with Crippen molar-refractivity contribution in [1.82, 2.24) is 9.38 Å². The standard InChI is InChI=1S/C14H14N2O4/c1-20-14(19)9-6-3-7-16-11(9)10(13(17)18)15-12(16)8-4-2-5-8/h3,6-8H,2,4-5H2,1H3,(H,17,18). The zero-order chi connectivity index (χ0) is 14.3. The molecule has 0 saturated heterocycles. The van der Waals surface area contributed by atoms with Crippen LogP contribution in [0.25, 0.3) is 5.52 Å². The Bertz CT molecular complexity index is 701. The number of ether oxygens (including phenoxy) is 1. The molecule has 20 heavy (non-hydrogen) atoms. The van der Waals surface area contributed by atoms with Gasteiger partial charge in [0.2, 0.25) is 0 Å². The Morgan fingerprint density at radius 2 is 2.20 bits per heavy atom. The summed E-state index contributed by atoms with van der Waals surface area (Å²) in [4.78, 5) is 27.4. The Morgan fingerprint density at radius 1 is 1.45 bits per heavy atom. The number of hydrogen-bond donors (Lipinski definition) is 1. The first-order chi connectivity index (χ1) is 9.63. The number of esters is 1. The van der Waals surface area contributed by atoms with Gasteiger partial charge in [-0.1, -0.05) is 6.42 Å². The number of aromatic nitrogens is 2. The van der Waals surface area contributed by atoms with Crippen LogP contribution in [0.1, 0.15) is 51.9 Å². The highest BCUT2D eigenvalue weighted by Crippen LogP contribution is 2.37. The zero-order valence-electron chi connectivity index (χ0n) is 11.0. The first-order valence-corrected chi connectivity index (χ1v) is 6.46. The minimum atomic E-state index is -1.13. The highest BCUT2D eigenvalue weighted by Gasteiger charge is 2.29. The van der Waals surface area contributed by atoms with Crippen LogP contribution in [0.4, 0.5) is 0 Å². The number of fused-ring (bicyclic) bond motifs is 1. The number of carbonyl (C=O) groups is 2. The minimum absolute atomic E-state index is 0.0899. The van der Waals surface area contributed by atoms with Crippen molar-refractivity contribution in [3.05, 3.63) is 35.4 Å². The van der Waals surface area contributed by atoms with Crippen molar-refractivity contribution in [2.45, 2.75) is 25.2 Å². The largest absolute Gasteiger partial charge is 0.476 e. The Hall–Kier alpha value is -2.37. The Kier molecular flexibility index (Phi) is 2.93. The van der Waals surface area contributed by atoms with Crippen molar-refractivity contribution in [3.63, 3.8) is 0 Å². The van der Waals surface area contributed by atoms with Crippen molar-refractivity contribution < 1.29 is 19.4 Å². The smallest absolute Gasteiger partial charge is 0.356 e. The van der Waals surface area contributed by atoms with E-state index in [2.05, 4.69) is 4.98 Å². The lowest BCUT2D eigenvalue weighted by molar-refractivity contribution is 0.0602. The number of rotatable bonds is 3. The molecule has 3 rings (SSSR count). The summed E-state index contributed by atoms with van der Waals surface area (Å²) in [7, 11) is 1.27. The van der Waals surface area contributed by atoms with Crippen LogP contribution in [-0.4, -0.2) is 33.5 Å². The van der Waals surface area contributed by atoms with Gasteiger partial charge >= 0.3 is 11.9 Å². The maximum Gasteiger partial charge on any atom is 0.356 e. The Morgan fingerprint density at radius 3 is 2.75 bits per heavy atom. The molecule has 1 aliphatic rings. The van der Waals surface area contributed by atoms with Gasteiger partial charge in [-0.3, -0.25) is 0 Å². The quantitative estimate of drug-likeness (QED) is 0.867. The lowest BCUT2D eigenvalue weighted by Gasteiger charge is -2.23. The molecule has 0 bridgehead atoms. The van der Waals surface area contributed by atoms with Gasteiger partial charge in [0.25, 0.3) is 0 Å². The van der Waals surface area contributed by atoms with E-state index in [4.69, 9.17) is 4.74 Å². The van der Waals surface area contributed by atoms with Gasteiger partial charge in [0.05, 0.1) is 18.2 Å². The molecule has 0 amide bonds. The third kappa shape index (κ3) is 1.76. The first kappa shape index (κ1) is 12.7. The number of methoxy groups -OCH3 is 1. The van der Waals surface area contributed by atoms with E-state index in [-0.39, 0.29) is 17.2 Å². The predicted molar refractivity (Wildman–Crippen MR) is 70.1 cm³/mol. The van der Waals surface area contributed by atoms with Gasteiger partial charge in [0, 0.05) is 12.1 Å². The third-order valence-corrected chi connectivity index (χ3v) is 3.77. The highest BCUT2D eigenvalue weighted by atomic mass is 16.5. The van der Waals surface area contributed by atoms with Crippen LogP contribution in [0.15, 0.2) is 18.3 Å². The zero-order valence-corrected chi connectivity index (χ0v) is 11.0. The van der Waals surface area contributed by atoms with Crippen LogP contribution in [0, 0.1) is 0 Å². The predicted octanol–water partition coefficient (Wildman–Crippen LogP) is 2.09. The summed E-state index contributed by atoms with van der Waals surface area (Å²) >= 11 is 0. The van der Waals surface area contributed by atoms with Crippen LogP contribution in [-0.2, 0) is 4.74 Å². The Labute approximate surface area is 115 Å². The summed E-state index contributed by atoms with van der Waals surface area (Å²) in [6.07, 6.45) is 4.87. The molecule has 6 nitrogen and oxygen atoms in total. The van der Waals surface area contributed by atoms with Gasteiger partial charge in [-0.15, -0.1) is 0 Å². The molecule has 0 unspecified atom stereocenters. The van der Waals surface area contributed by atoms with Gasteiger partial charge in [-0.05, 0) is 25.0 Å². The number of pyridine rings is 1. The van der Waals surface area contributed by atoms with Crippen LogP contribution < -0.4 is 0 Å². The van der Waals surface area contributed by atoms with Crippen LogP contribution in [0.5, 0.6) is 0 Å². The second-order valence-electron chi connectivity index (χ2n) is 4.88. The number of hydrogen-bond acceptors (Lipinski definition) is 4. The van der Waals surface area contributed by atoms with Crippen LogP contribution in [0.2, 0.25) is 0 Å². The fourth-order valence-corrected chi connectivity index (χ4v) is 2.54. The number of carboxylic acids is 1. The van der Waals surface area contributed by atoms with E-state index in [1.807, 2.05) is 0 Å². The molecule has 0 aromatic carbocycles. The van der Waals surface area contributed by atoms with Crippen molar-refractivity contribution in [2.75, 3.05) is 7.11 Å². The number of imidazole rings is 1. The number of nitrogens with zero attached hydrogens (tertiary/aromatic N) is 2. The highest BCUT2D eigenvalue weighted by molar-refractivity contribution is 6.04. The number of carbonyl (C=O) groups excluding carboxylic acids is 1.